The van der Waals surface area contributed by atoms with E-state index in [1.54, 1.807) is 12.1 Å². The van der Waals surface area contributed by atoms with Gasteiger partial charge in [0.05, 0.1) is 11.3 Å². The Morgan fingerprint density at radius 3 is 2.74 bits per heavy atom. The number of nitrogens with zero attached hydrogens (tertiary/aromatic N) is 1. The van der Waals surface area contributed by atoms with Crippen molar-refractivity contribution in [2.24, 2.45) is 0 Å². The highest BCUT2D eigenvalue weighted by atomic mass is 19.1. The molecule has 4 rings (SSSR count). The number of rotatable bonds is 4. The lowest BCUT2D eigenvalue weighted by molar-refractivity contribution is -0.127. The van der Waals surface area contributed by atoms with Crippen LogP contribution >= 0.6 is 0 Å². The molecular formula is C22H21F2N3O4. The highest BCUT2D eigenvalue weighted by Gasteiger charge is 2.40. The van der Waals surface area contributed by atoms with Crippen molar-refractivity contribution in [2.45, 2.75) is 24.9 Å². The number of fused-ring (bicyclic) bond motifs is 2. The smallest absolute Gasteiger partial charge is 0.256 e. The highest BCUT2D eigenvalue weighted by Crippen LogP contribution is 2.32. The second kappa shape index (κ2) is 8.43. The van der Waals surface area contributed by atoms with Crippen LogP contribution in [0.15, 0.2) is 36.4 Å². The van der Waals surface area contributed by atoms with Gasteiger partial charge < -0.3 is 20.3 Å². The molecule has 2 heterocycles. The summed E-state index contributed by atoms with van der Waals surface area (Å²) in [6.07, 6.45) is 0.771. The number of anilines is 1. The van der Waals surface area contributed by atoms with Gasteiger partial charge in [0.25, 0.3) is 5.91 Å². The van der Waals surface area contributed by atoms with Crippen LogP contribution in [0.1, 0.15) is 23.2 Å². The van der Waals surface area contributed by atoms with Crippen LogP contribution in [-0.2, 0) is 14.3 Å². The molecule has 0 aliphatic carbocycles. The van der Waals surface area contributed by atoms with E-state index in [1.807, 2.05) is 0 Å². The van der Waals surface area contributed by atoms with Gasteiger partial charge in [0.2, 0.25) is 11.8 Å². The average molecular weight is 429 g/mol. The molecule has 2 aliphatic rings. The standard InChI is InChI=1S/C22H21F2N3O4/c1-31-11-20(28)25-14-6-7-27-19(10-14)21(29)26-18-5-2-12(8-16(18)22(27)30)15-4-3-13(23)9-17(15)24/h2-5,8-9,14,19H,6-7,10-11H2,1H3,(H,25,28)(H,26,29). The Labute approximate surface area is 177 Å². The summed E-state index contributed by atoms with van der Waals surface area (Å²) in [5, 5.41) is 5.58. The average Bonchev–Trinajstić information content (AvgIpc) is 2.83. The lowest BCUT2D eigenvalue weighted by atomic mass is 9.95. The maximum atomic E-state index is 14.2. The Kier molecular flexibility index (Phi) is 5.69. The molecule has 1 saturated heterocycles. The van der Waals surface area contributed by atoms with Crippen LogP contribution in [0.5, 0.6) is 0 Å². The molecule has 2 aromatic carbocycles. The molecule has 0 radical (unpaired) electrons. The number of amides is 3. The first kappa shape index (κ1) is 20.9. The maximum Gasteiger partial charge on any atom is 0.256 e. The van der Waals surface area contributed by atoms with E-state index in [1.165, 1.54) is 24.1 Å². The van der Waals surface area contributed by atoms with Crippen LogP contribution in [0.2, 0.25) is 0 Å². The number of methoxy groups -OCH3 is 1. The third-order valence-corrected chi connectivity index (χ3v) is 5.56. The summed E-state index contributed by atoms with van der Waals surface area (Å²) in [5.41, 5.74) is 1.12. The van der Waals surface area contributed by atoms with Crippen LogP contribution in [0.25, 0.3) is 11.1 Å². The second-order valence-electron chi connectivity index (χ2n) is 7.61. The number of halogens is 2. The van der Waals surface area contributed by atoms with Crippen molar-refractivity contribution in [1.82, 2.24) is 10.2 Å². The Morgan fingerprint density at radius 2 is 2.00 bits per heavy atom. The lowest BCUT2D eigenvalue weighted by Crippen LogP contribution is -2.55. The number of hydrogen-bond acceptors (Lipinski definition) is 4. The van der Waals surface area contributed by atoms with E-state index < -0.39 is 17.7 Å². The molecule has 2 unspecified atom stereocenters. The summed E-state index contributed by atoms with van der Waals surface area (Å²) in [6, 6.07) is 6.85. The summed E-state index contributed by atoms with van der Waals surface area (Å²) in [4.78, 5) is 39.3. The van der Waals surface area contributed by atoms with Crippen LogP contribution in [0.4, 0.5) is 14.5 Å². The van der Waals surface area contributed by atoms with Crippen molar-refractivity contribution < 1.29 is 27.9 Å². The zero-order valence-corrected chi connectivity index (χ0v) is 16.8. The van der Waals surface area contributed by atoms with Gasteiger partial charge in [-0.25, -0.2) is 8.78 Å². The molecule has 2 aromatic rings. The van der Waals surface area contributed by atoms with Gasteiger partial charge in [0.1, 0.15) is 24.3 Å². The molecule has 0 spiro atoms. The Bertz CT molecular complexity index is 1060. The van der Waals surface area contributed by atoms with E-state index in [-0.39, 0.29) is 54.5 Å². The molecule has 3 amide bonds. The number of hydrogen-bond donors (Lipinski definition) is 2. The number of carbonyl (C=O) groups is 3. The third-order valence-electron chi connectivity index (χ3n) is 5.56. The van der Waals surface area contributed by atoms with Crippen molar-refractivity contribution in [3.63, 3.8) is 0 Å². The van der Waals surface area contributed by atoms with Crippen molar-refractivity contribution in [3.8, 4) is 11.1 Å². The van der Waals surface area contributed by atoms with Crippen molar-refractivity contribution >= 4 is 23.4 Å². The number of carbonyl (C=O) groups excluding carboxylic acids is 3. The van der Waals surface area contributed by atoms with Gasteiger partial charge in [0.15, 0.2) is 0 Å². The molecule has 1 fully saturated rings. The fourth-order valence-corrected chi connectivity index (χ4v) is 4.08. The van der Waals surface area contributed by atoms with E-state index in [4.69, 9.17) is 4.74 Å². The van der Waals surface area contributed by atoms with E-state index in [0.29, 0.717) is 17.7 Å². The molecule has 9 heteroatoms. The SMILES string of the molecule is COCC(=O)NC1CCN2C(=O)c3cc(-c4ccc(F)cc4F)ccc3NC(=O)C2C1. The lowest BCUT2D eigenvalue weighted by Gasteiger charge is -2.37. The number of benzene rings is 2. The van der Waals surface area contributed by atoms with Gasteiger partial charge in [0, 0.05) is 31.3 Å². The van der Waals surface area contributed by atoms with Gasteiger partial charge in [-0.2, -0.15) is 0 Å². The molecule has 0 saturated carbocycles. The fraction of sp³-hybridized carbons (Fsp3) is 0.318. The summed E-state index contributed by atoms with van der Waals surface area (Å²) < 4.78 is 32.3. The molecule has 7 nitrogen and oxygen atoms in total. The normalized spacial score (nSPS) is 20.4. The van der Waals surface area contributed by atoms with Crippen molar-refractivity contribution in [2.75, 3.05) is 25.6 Å². The van der Waals surface area contributed by atoms with Crippen molar-refractivity contribution in [3.05, 3.63) is 53.6 Å². The van der Waals surface area contributed by atoms with E-state index >= 15 is 0 Å². The third kappa shape index (κ3) is 4.13. The Morgan fingerprint density at radius 1 is 1.19 bits per heavy atom. The minimum Gasteiger partial charge on any atom is -0.375 e. The minimum atomic E-state index is -0.743. The van der Waals surface area contributed by atoms with Crippen LogP contribution in [0.3, 0.4) is 0 Å². The fourth-order valence-electron chi connectivity index (χ4n) is 4.08. The quantitative estimate of drug-likeness (QED) is 0.781. The topological polar surface area (TPSA) is 87.7 Å². The minimum absolute atomic E-state index is 0.0792. The van der Waals surface area contributed by atoms with E-state index in [0.717, 1.165) is 12.1 Å². The summed E-state index contributed by atoms with van der Waals surface area (Å²) in [6.45, 7) is 0.202. The molecule has 2 aliphatic heterocycles. The first-order valence-corrected chi connectivity index (χ1v) is 9.87. The van der Waals surface area contributed by atoms with Crippen molar-refractivity contribution in [1.29, 1.82) is 0 Å². The number of ether oxygens (including phenoxy) is 1. The van der Waals surface area contributed by atoms with Gasteiger partial charge >= 0.3 is 0 Å². The first-order chi connectivity index (χ1) is 14.9. The largest absolute Gasteiger partial charge is 0.375 e. The Balaban J connectivity index is 1.61. The van der Waals surface area contributed by atoms with Gasteiger partial charge in [-0.1, -0.05) is 6.07 Å². The predicted octanol–water partition coefficient (Wildman–Crippen LogP) is 2.32. The summed E-state index contributed by atoms with van der Waals surface area (Å²) in [5.74, 6) is -2.42. The molecule has 2 atom stereocenters. The molecular weight excluding hydrogens is 408 g/mol. The maximum absolute atomic E-state index is 14.2. The zero-order chi connectivity index (χ0) is 22.1. The van der Waals surface area contributed by atoms with E-state index in [2.05, 4.69) is 10.6 Å². The predicted molar refractivity (Wildman–Crippen MR) is 108 cm³/mol. The van der Waals surface area contributed by atoms with Crippen LogP contribution in [0, 0.1) is 11.6 Å². The molecule has 0 aromatic heterocycles. The first-order valence-electron chi connectivity index (χ1n) is 9.87. The molecule has 2 N–H and O–H groups in total. The van der Waals surface area contributed by atoms with Crippen LogP contribution < -0.4 is 10.6 Å². The highest BCUT2D eigenvalue weighted by molar-refractivity contribution is 6.10. The summed E-state index contributed by atoms with van der Waals surface area (Å²) in [7, 11) is 1.42. The van der Waals surface area contributed by atoms with Crippen LogP contribution in [-0.4, -0.2) is 55.0 Å². The Hall–Kier alpha value is -3.33. The monoisotopic (exact) mass is 429 g/mol. The van der Waals surface area contributed by atoms with Gasteiger partial charge in [-0.05, 0) is 42.7 Å². The second-order valence-corrected chi connectivity index (χ2v) is 7.61. The molecule has 0 bridgehead atoms. The summed E-state index contributed by atoms with van der Waals surface area (Å²) >= 11 is 0. The van der Waals surface area contributed by atoms with Gasteiger partial charge in [-0.15, -0.1) is 0 Å². The van der Waals surface area contributed by atoms with E-state index in [9.17, 15) is 23.2 Å². The molecule has 31 heavy (non-hydrogen) atoms. The van der Waals surface area contributed by atoms with Gasteiger partial charge in [-0.3, -0.25) is 14.4 Å². The number of nitrogens with one attached hydrogen (secondary N) is 2. The molecule has 162 valence electrons. The number of piperidine rings is 1. The zero-order valence-electron chi connectivity index (χ0n) is 16.8.